The highest BCUT2D eigenvalue weighted by Gasteiger charge is 2.17. The van der Waals surface area contributed by atoms with E-state index >= 15 is 0 Å². The number of hydrogen-bond acceptors (Lipinski definition) is 5. The Hall–Kier alpha value is -3.78. The van der Waals surface area contributed by atoms with Gasteiger partial charge in [-0.2, -0.15) is 0 Å². The third-order valence-electron chi connectivity index (χ3n) is 4.96. The number of esters is 1. The Morgan fingerprint density at radius 2 is 1.65 bits per heavy atom. The van der Waals surface area contributed by atoms with Gasteiger partial charge in [0.1, 0.15) is 0 Å². The number of carbonyl (C=O) groups excluding carboxylic acids is 3. The SMILES string of the molecule is CC(NC(=O)c1ccccc1NC(=O)COC(=O)c1cccc(CS(C)=O)c1)c1ccccc1. The van der Waals surface area contributed by atoms with Gasteiger partial charge in [0.25, 0.3) is 11.8 Å². The molecule has 0 radical (unpaired) electrons. The molecule has 0 aliphatic carbocycles. The molecule has 0 aliphatic heterocycles. The molecule has 176 valence electrons. The Morgan fingerprint density at radius 1 is 0.941 bits per heavy atom. The van der Waals surface area contributed by atoms with Gasteiger partial charge in [-0.05, 0) is 42.3 Å². The number of hydrogen-bond donors (Lipinski definition) is 2. The number of benzene rings is 3. The summed E-state index contributed by atoms with van der Waals surface area (Å²) in [6.45, 7) is 1.36. The molecule has 2 amide bonds. The van der Waals surface area contributed by atoms with Gasteiger partial charge >= 0.3 is 5.97 Å². The van der Waals surface area contributed by atoms with Gasteiger partial charge in [-0.15, -0.1) is 0 Å². The lowest BCUT2D eigenvalue weighted by Crippen LogP contribution is -2.28. The number of nitrogens with one attached hydrogen (secondary N) is 2. The Bertz CT molecular complexity index is 1200. The van der Waals surface area contributed by atoms with E-state index in [1.54, 1.807) is 54.8 Å². The first kappa shape index (κ1) is 24.9. The molecule has 7 nitrogen and oxygen atoms in total. The van der Waals surface area contributed by atoms with Crippen molar-refractivity contribution < 1.29 is 23.3 Å². The second-order valence-corrected chi connectivity index (χ2v) is 9.13. The van der Waals surface area contributed by atoms with Crippen molar-refractivity contribution >= 4 is 34.3 Å². The van der Waals surface area contributed by atoms with E-state index in [4.69, 9.17) is 4.74 Å². The Balaban J connectivity index is 1.60. The van der Waals surface area contributed by atoms with Crippen LogP contribution in [0.25, 0.3) is 0 Å². The largest absolute Gasteiger partial charge is 0.452 e. The maximum atomic E-state index is 12.8. The summed E-state index contributed by atoms with van der Waals surface area (Å²) in [7, 11) is -1.04. The van der Waals surface area contributed by atoms with Crippen LogP contribution in [0.15, 0.2) is 78.9 Å². The number of amides is 2. The third kappa shape index (κ3) is 7.11. The topological polar surface area (TPSA) is 102 Å². The molecule has 0 aliphatic rings. The number of carbonyl (C=O) groups is 3. The maximum Gasteiger partial charge on any atom is 0.338 e. The smallest absolute Gasteiger partial charge is 0.338 e. The van der Waals surface area contributed by atoms with E-state index in [0.29, 0.717) is 17.0 Å². The predicted octanol–water partition coefficient (Wildman–Crippen LogP) is 3.85. The van der Waals surface area contributed by atoms with Crippen LogP contribution in [0.5, 0.6) is 0 Å². The van der Waals surface area contributed by atoms with Gasteiger partial charge in [0.15, 0.2) is 6.61 Å². The molecule has 0 heterocycles. The summed E-state index contributed by atoms with van der Waals surface area (Å²) >= 11 is 0. The lowest BCUT2D eigenvalue weighted by atomic mass is 10.1. The average molecular weight is 479 g/mol. The molecule has 2 N–H and O–H groups in total. The van der Waals surface area contributed by atoms with Crippen LogP contribution in [0.4, 0.5) is 5.69 Å². The van der Waals surface area contributed by atoms with E-state index < -0.39 is 29.3 Å². The number of anilines is 1. The summed E-state index contributed by atoms with van der Waals surface area (Å²) in [5.74, 6) is -1.25. The van der Waals surface area contributed by atoms with Gasteiger partial charge in [-0.25, -0.2) is 4.79 Å². The standard InChI is InChI=1S/C26H26N2O5S/c1-18(20-10-4-3-5-11-20)27-25(30)22-13-6-7-14-23(22)28-24(29)16-33-26(31)21-12-8-9-19(15-21)17-34(2)32/h3-15,18H,16-17H2,1-2H3,(H,27,30)(H,28,29). The van der Waals surface area contributed by atoms with Crippen molar-refractivity contribution in [1.82, 2.24) is 5.32 Å². The van der Waals surface area contributed by atoms with Crippen LogP contribution in [0, 0.1) is 0 Å². The van der Waals surface area contributed by atoms with Crippen LogP contribution >= 0.6 is 0 Å². The van der Waals surface area contributed by atoms with Gasteiger partial charge < -0.3 is 15.4 Å². The zero-order valence-electron chi connectivity index (χ0n) is 18.9. The van der Waals surface area contributed by atoms with Crippen molar-refractivity contribution in [2.24, 2.45) is 0 Å². The van der Waals surface area contributed by atoms with E-state index in [-0.39, 0.29) is 17.5 Å². The fourth-order valence-electron chi connectivity index (χ4n) is 3.31. The van der Waals surface area contributed by atoms with Crippen LogP contribution in [-0.2, 0) is 26.1 Å². The number of rotatable bonds is 9. The highest BCUT2D eigenvalue weighted by molar-refractivity contribution is 7.83. The fraction of sp³-hybridized carbons (Fsp3) is 0.192. The normalized spacial score (nSPS) is 12.3. The maximum absolute atomic E-state index is 12.8. The zero-order chi connectivity index (χ0) is 24.5. The quantitative estimate of drug-likeness (QED) is 0.455. The van der Waals surface area contributed by atoms with Gasteiger partial charge in [0.2, 0.25) is 0 Å². The molecular formula is C26H26N2O5S. The van der Waals surface area contributed by atoms with Crippen LogP contribution in [-0.4, -0.2) is 34.9 Å². The number of ether oxygens (including phenoxy) is 1. The first-order valence-corrected chi connectivity index (χ1v) is 12.4. The van der Waals surface area contributed by atoms with Crippen LogP contribution < -0.4 is 10.6 Å². The second-order valence-electron chi connectivity index (χ2n) is 7.69. The predicted molar refractivity (Wildman–Crippen MR) is 132 cm³/mol. The first-order chi connectivity index (χ1) is 16.3. The zero-order valence-corrected chi connectivity index (χ0v) is 19.8. The molecule has 2 unspecified atom stereocenters. The molecule has 3 aromatic carbocycles. The molecule has 34 heavy (non-hydrogen) atoms. The van der Waals surface area contributed by atoms with E-state index in [1.807, 2.05) is 37.3 Å². The van der Waals surface area contributed by atoms with Crippen molar-refractivity contribution in [3.63, 3.8) is 0 Å². The first-order valence-electron chi connectivity index (χ1n) is 10.6. The van der Waals surface area contributed by atoms with E-state index in [0.717, 1.165) is 11.1 Å². The molecule has 0 saturated carbocycles. The molecule has 0 bridgehead atoms. The lowest BCUT2D eigenvalue weighted by molar-refractivity contribution is -0.119. The molecule has 0 fully saturated rings. The van der Waals surface area contributed by atoms with Gasteiger partial charge in [-0.3, -0.25) is 13.8 Å². The minimum Gasteiger partial charge on any atom is -0.452 e. The van der Waals surface area contributed by atoms with Gasteiger partial charge in [0, 0.05) is 22.8 Å². The Morgan fingerprint density at radius 3 is 2.38 bits per heavy atom. The summed E-state index contributed by atoms with van der Waals surface area (Å²) in [4.78, 5) is 37.6. The van der Waals surface area contributed by atoms with Crippen molar-refractivity contribution in [2.45, 2.75) is 18.7 Å². The third-order valence-corrected chi connectivity index (χ3v) is 5.70. The fourth-order valence-corrected chi connectivity index (χ4v) is 3.96. The molecule has 0 spiro atoms. The molecule has 3 aromatic rings. The van der Waals surface area contributed by atoms with Crippen LogP contribution in [0.3, 0.4) is 0 Å². The van der Waals surface area contributed by atoms with Crippen molar-refractivity contribution in [3.8, 4) is 0 Å². The minimum atomic E-state index is -1.04. The van der Waals surface area contributed by atoms with E-state index in [1.165, 1.54) is 0 Å². The molecule has 0 saturated heterocycles. The van der Waals surface area contributed by atoms with Gasteiger partial charge in [-0.1, -0.05) is 54.6 Å². The monoisotopic (exact) mass is 478 g/mol. The lowest BCUT2D eigenvalue weighted by Gasteiger charge is -2.16. The van der Waals surface area contributed by atoms with Crippen LogP contribution in [0.1, 0.15) is 44.8 Å². The molecule has 2 atom stereocenters. The molecule has 8 heteroatoms. The highest BCUT2D eigenvalue weighted by atomic mass is 32.2. The summed E-state index contributed by atoms with van der Waals surface area (Å²) in [6, 6.07) is 22.5. The van der Waals surface area contributed by atoms with Gasteiger partial charge in [0.05, 0.1) is 22.9 Å². The molecular weight excluding hydrogens is 452 g/mol. The summed E-state index contributed by atoms with van der Waals surface area (Å²) in [5.41, 5.74) is 2.58. The molecule has 0 aromatic heterocycles. The minimum absolute atomic E-state index is 0.223. The van der Waals surface area contributed by atoms with Crippen LogP contribution in [0.2, 0.25) is 0 Å². The van der Waals surface area contributed by atoms with E-state index in [9.17, 15) is 18.6 Å². The van der Waals surface area contributed by atoms with Crippen molar-refractivity contribution in [3.05, 3.63) is 101 Å². The van der Waals surface area contributed by atoms with E-state index in [2.05, 4.69) is 10.6 Å². The average Bonchev–Trinajstić information content (AvgIpc) is 2.83. The Labute approximate surface area is 201 Å². The summed E-state index contributed by atoms with van der Waals surface area (Å²) in [6.07, 6.45) is 1.58. The summed E-state index contributed by atoms with van der Waals surface area (Å²) in [5, 5.41) is 5.55. The van der Waals surface area contributed by atoms with Crippen molar-refractivity contribution in [2.75, 3.05) is 18.2 Å². The van der Waals surface area contributed by atoms with Crippen molar-refractivity contribution in [1.29, 1.82) is 0 Å². The Kier molecular flexibility index (Phi) is 8.70. The summed E-state index contributed by atoms with van der Waals surface area (Å²) < 4.78 is 16.5. The highest BCUT2D eigenvalue weighted by Crippen LogP contribution is 2.18. The number of para-hydroxylation sites is 1. The second kappa shape index (κ2) is 11.9. The molecule has 3 rings (SSSR count).